The molecule has 2 rings (SSSR count). The smallest absolute Gasteiger partial charge is 0.00895 e. The summed E-state index contributed by atoms with van der Waals surface area (Å²) in [4.78, 5) is 2.42. The van der Waals surface area contributed by atoms with Crippen LogP contribution < -0.4 is 0 Å². The van der Waals surface area contributed by atoms with Crippen molar-refractivity contribution in [2.24, 2.45) is 17.3 Å². The molecule has 2 aliphatic carbocycles. The molecule has 0 atom stereocenters. The van der Waals surface area contributed by atoms with Gasteiger partial charge in [-0.2, -0.15) is 0 Å². The van der Waals surface area contributed by atoms with Gasteiger partial charge in [0, 0.05) is 6.04 Å². The minimum absolute atomic E-state index is 0.793. The van der Waals surface area contributed by atoms with Crippen molar-refractivity contribution in [2.75, 3.05) is 14.1 Å². The molecule has 1 spiro atoms. The van der Waals surface area contributed by atoms with Gasteiger partial charge in [-0.1, -0.05) is 13.8 Å². The monoisotopic (exact) mass is 209 g/mol. The van der Waals surface area contributed by atoms with Crippen molar-refractivity contribution in [3.8, 4) is 0 Å². The first kappa shape index (κ1) is 11.4. The fraction of sp³-hybridized carbons (Fsp3) is 1.00. The highest BCUT2D eigenvalue weighted by Gasteiger charge is 2.46. The number of hydrogen-bond donors (Lipinski definition) is 0. The van der Waals surface area contributed by atoms with Crippen LogP contribution in [0.3, 0.4) is 0 Å². The van der Waals surface area contributed by atoms with Crippen molar-refractivity contribution >= 4 is 0 Å². The van der Waals surface area contributed by atoms with Crippen LogP contribution in [-0.4, -0.2) is 25.0 Å². The number of rotatable bonds is 2. The standard InChI is InChI=1S/C14H27N/c1-11(2)12-9-14(10-12)7-5-13(6-8-14)15(3)4/h11-13H,5-10H2,1-4H3. The van der Waals surface area contributed by atoms with Gasteiger partial charge in [0.05, 0.1) is 0 Å². The summed E-state index contributed by atoms with van der Waals surface area (Å²) < 4.78 is 0. The van der Waals surface area contributed by atoms with Crippen LogP contribution in [0.4, 0.5) is 0 Å². The molecule has 0 unspecified atom stereocenters. The van der Waals surface area contributed by atoms with Gasteiger partial charge >= 0.3 is 0 Å². The third-order valence-corrected chi connectivity index (χ3v) is 5.08. The third-order valence-electron chi connectivity index (χ3n) is 5.08. The van der Waals surface area contributed by atoms with Crippen LogP contribution in [0.5, 0.6) is 0 Å². The molecule has 0 aromatic rings. The SMILES string of the molecule is CC(C)C1CC2(CCC(N(C)C)CC2)C1. The first-order valence-corrected chi connectivity index (χ1v) is 6.69. The molecule has 15 heavy (non-hydrogen) atoms. The van der Waals surface area contributed by atoms with Crippen LogP contribution in [-0.2, 0) is 0 Å². The summed E-state index contributed by atoms with van der Waals surface area (Å²) in [5, 5.41) is 0. The largest absolute Gasteiger partial charge is 0.306 e. The van der Waals surface area contributed by atoms with Gasteiger partial charge in [-0.05, 0) is 69.9 Å². The predicted octanol–water partition coefficient (Wildman–Crippen LogP) is 3.54. The fourth-order valence-corrected chi connectivity index (χ4v) is 3.66. The Bertz CT molecular complexity index is 203. The van der Waals surface area contributed by atoms with E-state index in [1.165, 1.54) is 38.5 Å². The van der Waals surface area contributed by atoms with E-state index in [1.807, 2.05) is 0 Å². The topological polar surface area (TPSA) is 3.24 Å². The van der Waals surface area contributed by atoms with E-state index in [0.717, 1.165) is 23.3 Å². The van der Waals surface area contributed by atoms with Crippen LogP contribution in [0.1, 0.15) is 52.4 Å². The van der Waals surface area contributed by atoms with E-state index >= 15 is 0 Å². The molecule has 1 nitrogen and oxygen atoms in total. The predicted molar refractivity (Wildman–Crippen MR) is 65.9 cm³/mol. The Morgan fingerprint density at radius 1 is 1.07 bits per heavy atom. The highest BCUT2D eigenvalue weighted by molar-refractivity contribution is 4.98. The minimum atomic E-state index is 0.793. The lowest BCUT2D eigenvalue weighted by Crippen LogP contribution is -2.45. The van der Waals surface area contributed by atoms with Gasteiger partial charge in [0.1, 0.15) is 0 Å². The molecule has 0 heterocycles. The van der Waals surface area contributed by atoms with Crippen molar-refractivity contribution in [3.63, 3.8) is 0 Å². The summed E-state index contributed by atoms with van der Waals surface area (Å²) in [5.74, 6) is 1.96. The van der Waals surface area contributed by atoms with E-state index in [0.29, 0.717) is 0 Å². The Balaban J connectivity index is 1.80. The zero-order chi connectivity index (χ0) is 11.1. The molecule has 1 heteroatoms. The maximum atomic E-state index is 2.42. The molecule has 0 N–H and O–H groups in total. The van der Waals surface area contributed by atoms with Crippen molar-refractivity contribution in [2.45, 2.75) is 58.4 Å². The van der Waals surface area contributed by atoms with Crippen molar-refractivity contribution < 1.29 is 0 Å². The summed E-state index contributed by atoms with van der Waals surface area (Å²) >= 11 is 0. The maximum absolute atomic E-state index is 2.42. The third kappa shape index (κ3) is 2.22. The number of nitrogens with zero attached hydrogens (tertiary/aromatic N) is 1. The lowest BCUT2D eigenvalue weighted by Gasteiger charge is -2.53. The van der Waals surface area contributed by atoms with Gasteiger partial charge in [0.25, 0.3) is 0 Å². The van der Waals surface area contributed by atoms with E-state index in [-0.39, 0.29) is 0 Å². The Kier molecular flexibility index (Phi) is 3.12. The number of hydrogen-bond acceptors (Lipinski definition) is 1. The Hall–Kier alpha value is -0.0400. The lowest BCUT2D eigenvalue weighted by atomic mass is 9.53. The van der Waals surface area contributed by atoms with Crippen molar-refractivity contribution in [3.05, 3.63) is 0 Å². The molecular formula is C14H27N. The summed E-state index contributed by atoms with van der Waals surface area (Å²) in [5.41, 5.74) is 0.793. The zero-order valence-electron chi connectivity index (χ0n) is 10.9. The molecule has 0 aromatic carbocycles. The van der Waals surface area contributed by atoms with E-state index < -0.39 is 0 Å². The Morgan fingerprint density at radius 3 is 2.00 bits per heavy atom. The molecule has 0 bridgehead atoms. The quantitative estimate of drug-likeness (QED) is 0.672. The molecule has 0 aliphatic heterocycles. The Labute approximate surface area is 95.2 Å². The van der Waals surface area contributed by atoms with Crippen LogP contribution in [0.25, 0.3) is 0 Å². The zero-order valence-corrected chi connectivity index (χ0v) is 10.9. The van der Waals surface area contributed by atoms with Gasteiger partial charge in [0.15, 0.2) is 0 Å². The highest BCUT2D eigenvalue weighted by Crippen LogP contribution is 2.56. The van der Waals surface area contributed by atoms with E-state index in [4.69, 9.17) is 0 Å². The first-order chi connectivity index (χ1) is 7.02. The summed E-state index contributed by atoms with van der Waals surface area (Å²) in [6, 6.07) is 0.869. The van der Waals surface area contributed by atoms with E-state index in [9.17, 15) is 0 Å². The molecule has 88 valence electrons. The van der Waals surface area contributed by atoms with Crippen molar-refractivity contribution in [1.82, 2.24) is 4.90 Å². The van der Waals surface area contributed by atoms with Crippen molar-refractivity contribution in [1.29, 1.82) is 0 Å². The van der Waals surface area contributed by atoms with Gasteiger partial charge in [-0.3, -0.25) is 0 Å². The van der Waals surface area contributed by atoms with Crippen LogP contribution in [0.15, 0.2) is 0 Å². The average Bonchev–Trinajstić information content (AvgIpc) is 2.13. The molecule has 2 saturated carbocycles. The van der Waals surface area contributed by atoms with Crippen LogP contribution in [0, 0.1) is 17.3 Å². The van der Waals surface area contributed by atoms with Crippen LogP contribution >= 0.6 is 0 Å². The molecule has 0 saturated heterocycles. The highest BCUT2D eigenvalue weighted by atomic mass is 15.1. The average molecular weight is 209 g/mol. The maximum Gasteiger partial charge on any atom is 0.00895 e. The van der Waals surface area contributed by atoms with Gasteiger partial charge in [-0.25, -0.2) is 0 Å². The van der Waals surface area contributed by atoms with Gasteiger partial charge < -0.3 is 4.90 Å². The van der Waals surface area contributed by atoms with Gasteiger partial charge in [-0.15, -0.1) is 0 Å². The Morgan fingerprint density at radius 2 is 1.60 bits per heavy atom. The molecule has 0 aromatic heterocycles. The first-order valence-electron chi connectivity index (χ1n) is 6.69. The van der Waals surface area contributed by atoms with Crippen LogP contribution in [0.2, 0.25) is 0 Å². The van der Waals surface area contributed by atoms with E-state index in [2.05, 4.69) is 32.8 Å². The molecular weight excluding hydrogens is 182 g/mol. The second-order valence-electron chi connectivity index (χ2n) is 6.61. The fourth-order valence-electron chi connectivity index (χ4n) is 3.66. The molecule has 0 radical (unpaired) electrons. The molecule has 2 fully saturated rings. The summed E-state index contributed by atoms with van der Waals surface area (Å²) in [6.07, 6.45) is 8.95. The molecule has 2 aliphatic rings. The lowest BCUT2D eigenvalue weighted by molar-refractivity contribution is -0.0244. The van der Waals surface area contributed by atoms with E-state index in [1.54, 1.807) is 0 Å². The normalized spacial score (nSPS) is 41.2. The summed E-state index contributed by atoms with van der Waals surface area (Å²) in [6.45, 7) is 4.78. The minimum Gasteiger partial charge on any atom is -0.306 e. The molecule has 0 amide bonds. The second-order valence-corrected chi connectivity index (χ2v) is 6.61. The second kappa shape index (κ2) is 4.08. The van der Waals surface area contributed by atoms with Gasteiger partial charge in [0.2, 0.25) is 0 Å². The summed E-state index contributed by atoms with van der Waals surface area (Å²) in [7, 11) is 4.47.